The molecule has 1 aromatic rings. The summed E-state index contributed by atoms with van der Waals surface area (Å²) in [5, 5.41) is 0. The van der Waals surface area contributed by atoms with Gasteiger partial charge < -0.3 is 4.74 Å². The van der Waals surface area contributed by atoms with Crippen LogP contribution in [0.4, 0.5) is 4.39 Å². The van der Waals surface area contributed by atoms with Crippen molar-refractivity contribution < 1.29 is 9.13 Å². The van der Waals surface area contributed by atoms with Crippen LogP contribution < -0.4 is 4.74 Å². The molecule has 0 saturated heterocycles. The summed E-state index contributed by atoms with van der Waals surface area (Å²) >= 11 is 0. The molecule has 0 aromatic heterocycles. The van der Waals surface area contributed by atoms with Gasteiger partial charge in [0.15, 0.2) is 0 Å². The third-order valence-corrected chi connectivity index (χ3v) is 4.50. The molecule has 2 heteroatoms. The molecule has 1 aliphatic rings. The molecule has 20 heavy (non-hydrogen) atoms. The predicted octanol–water partition coefficient (Wildman–Crippen LogP) is 5.59. The van der Waals surface area contributed by atoms with Crippen LogP contribution in [0.1, 0.15) is 58.3 Å². The molecule has 1 fully saturated rings. The molecule has 1 saturated carbocycles. The molecule has 0 atom stereocenters. The lowest BCUT2D eigenvalue weighted by atomic mass is 9.78. The molecular formula is C18H27FO. The van der Waals surface area contributed by atoms with Crippen molar-refractivity contribution in [1.82, 2.24) is 0 Å². The van der Waals surface area contributed by atoms with E-state index in [-0.39, 0.29) is 5.82 Å². The number of hydrogen-bond donors (Lipinski definition) is 0. The Labute approximate surface area is 122 Å². The topological polar surface area (TPSA) is 9.23 Å². The van der Waals surface area contributed by atoms with E-state index in [2.05, 4.69) is 6.92 Å². The van der Waals surface area contributed by atoms with E-state index in [1.807, 2.05) is 0 Å². The highest BCUT2D eigenvalue weighted by Gasteiger charge is 2.19. The van der Waals surface area contributed by atoms with E-state index in [0.29, 0.717) is 0 Å². The quantitative estimate of drug-likeness (QED) is 0.591. The van der Waals surface area contributed by atoms with Crippen LogP contribution in [0.2, 0.25) is 0 Å². The fourth-order valence-electron chi connectivity index (χ4n) is 3.31. The van der Waals surface area contributed by atoms with E-state index in [1.165, 1.54) is 57.1 Å². The van der Waals surface area contributed by atoms with Gasteiger partial charge in [-0.1, -0.05) is 45.4 Å². The van der Waals surface area contributed by atoms with E-state index in [0.717, 1.165) is 30.6 Å². The molecule has 0 aliphatic heterocycles. The maximum Gasteiger partial charge on any atom is 0.123 e. The second-order valence-corrected chi connectivity index (χ2v) is 6.12. The molecule has 112 valence electrons. The van der Waals surface area contributed by atoms with Crippen molar-refractivity contribution in [2.24, 2.45) is 11.8 Å². The average Bonchev–Trinajstić information content (AvgIpc) is 2.47. The third kappa shape index (κ3) is 5.15. The Balaban J connectivity index is 1.56. The van der Waals surface area contributed by atoms with Crippen LogP contribution >= 0.6 is 0 Å². The SMILES string of the molecule is CCCC1CCC(CCCOc2ccc(F)cc2)CC1. The van der Waals surface area contributed by atoms with Crippen LogP contribution in [-0.2, 0) is 0 Å². The summed E-state index contributed by atoms with van der Waals surface area (Å²) in [6.45, 7) is 3.04. The summed E-state index contributed by atoms with van der Waals surface area (Å²) in [4.78, 5) is 0. The van der Waals surface area contributed by atoms with Crippen molar-refractivity contribution in [2.75, 3.05) is 6.61 Å². The Kier molecular flexibility index (Phi) is 6.35. The highest BCUT2D eigenvalue weighted by molar-refractivity contribution is 5.21. The average molecular weight is 278 g/mol. The summed E-state index contributed by atoms with van der Waals surface area (Å²) in [7, 11) is 0. The van der Waals surface area contributed by atoms with Gasteiger partial charge in [0.25, 0.3) is 0 Å². The zero-order valence-corrected chi connectivity index (χ0v) is 12.6. The van der Waals surface area contributed by atoms with Gasteiger partial charge in [0.05, 0.1) is 6.61 Å². The Morgan fingerprint density at radius 2 is 1.60 bits per heavy atom. The number of halogens is 1. The molecule has 1 aromatic carbocycles. The van der Waals surface area contributed by atoms with E-state index in [9.17, 15) is 4.39 Å². The fourth-order valence-corrected chi connectivity index (χ4v) is 3.31. The second kappa shape index (κ2) is 8.28. The summed E-state index contributed by atoms with van der Waals surface area (Å²) in [6.07, 6.45) is 10.8. The lowest BCUT2D eigenvalue weighted by Crippen LogP contribution is -2.15. The second-order valence-electron chi connectivity index (χ2n) is 6.12. The Morgan fingerprint density at radius 3 is 2.20 bits per heavy atom. The first-order chi connectivity index (χ1) is 9.78. The number of ether oxygens (including phenoxy) is 1. The monoisotopic (exact) mass is 278 g/mol. The zero-order chi connectivity index (χ0) is 14.2. The summed E-state index contributed by atoms with van der Waals surface area (Å²) in [5.41, 5.74) is 0. The van der Waals surface area contributed by atoms with Crippen molar-refractivity contribution in [1.29, 1.82) is 0 Å². The minimum absolute atomic E-state index is 0.207. The Bertz CT molecular complexity index is 366. The van der Waals surface area contributed by atoms with Crippen molar-refractivity contribution in [3.63, 3.8) is 0 Å². The summed E-state index contributed by atoms with van der Waals surface area (Å²) in [6, 6.07) is 6.30. The molecule has 0 amide bonds. The summed E-state index contributed by atoms with van der Waals surface area (Å²) < 4.78 is 18.4. The highest BCUT2D eigenvalue weighted by Crippen LogP contribution is 2.33. The maximum atomic E-state index is 12.7. The Morgan fingerprint density at radius 1 is 1.00 bits per heavy atom. The molecule has 1 aliphatic carbocycles. The Hall–Kier alpha value is -1.05. The van der Waals surface area contributed by atoms with Gasteiger partial charge >= 0.3 is 0 Å². The van der Waals surface area contributed by atoms with Crippen molar-refractivity contribution >= 4 is 0 Å². The largest absolute Gasteiger partial charge is 0.494 e. The van der Waals surface area contributed by atoms with Crippen molar-refractivity contribution in [3.05, 3.63) is 30.1 Å². The van der Waals surface area contributed by atoms with Crippen molar-refractivity contribution in [2.45, 2.75) is 58.3 Å². The molecule has 0 radical (unpaired) electrons. The standard InChI is InChI=1S/C18H27FO/c1-2-4-15-6-8-16(9-7-15)5-3-14-20-18-12-10-17(19)11-13-18/h10-13,15-16H,2-9,14H2,1H3. The van der Waals surface area contributed by atoms with Crippen LogP contribution in [0, 0.1) is 17.7 Å². The first kappa shape index (κ1) is 15.3. The first-order valence-electron chi connectivity index (χ1n) is 8.16. The van der Waals surface area contributed by atoms with Gasteiger partial charge in [-0.05, 0) is 48.9 Å². The molecular weight excluding hydrogens is 251 g/mol. The third-order valence-electron chi connectivity index (χ3n) is 4.50. The van der Waals surface area contributed by atoms with Crippen molar-refractivity contribution in [3.8, 4) is 5.75 Å². The molecule has 2 rings (SSSR count). The van der Waals surface area contributed by atoms with Crippen LogP contribution in [0.25, 0.3) is 0 Å². The molecule has 0 heterocycles. The predicted molar refractivity (Wildman–Crippen MR) is 81.5 cm³/mol. The van der Waals surface area contributed by atoms with E-state index in [4.69, 9.17) is 4.74 Å². The number of hydrogen-bond acceptors (Lipinski definition) is 1. The van der Waals surface area contributed by atoms with E-state index >= 15 is 0 Å². The van der Waals surface area contributed by atoms with Crippen LogP contribution in [0.3, 0.4) is 0 Å². The normalized spacial score (nSPS) is 22.7. The zero-order valence-electron chi connectivity index (χ0n) is 12.6. The number of benzene rings is 1. The minimum atomic E-state index is -0.207. The molecule has 0 N–H and O–H groups in total. The van der Waals surface area contributed by atoms with Crippen LogP contribution in [0.5, 0.6) is 5.75 Å². The smallest absolute Gasteiger partial charge is 0.123 e. The van der Waals surface area contributed by atoms with Gasteiger partial charge in [0, 0.05) is 0 Å². The van der Waals surface area contributed by atoms with Gasteiger partial charge in [-0.25, -0.2) is 4.39 Å². The van der Waals surface area contributed by atoms with Gasteiger partial charge in [-0.15, -0.1) is 0 Å². The molecule has 0 unspecified atom stereocenters. The van der Waals surface area contributed by atoms with Gasteiger partial charge in [0.1, 0.15) is 11.6 Å². The molecule has 0 spiro atoms. The van der Waals surface area contributed by atoms with E-state index in [1.54, 1.807) is 12.1 Å². The minimum Gasteiger partial charge on any atom is -0.494 e. The van der Waals surface area contributed by atoms with Gasteiger partial charge in [-0.2, -0.15) is 0 Å². The van der Waals surface area contributed by atoms with E-state index < -0.39 is 0 Å². The summed E-state index contributed by atoms with van der Waals surface area (Å²) in [5.74, 6) is 2.46. The highest BCUT2D eigenvalue weighted by atomic mass is 19.1. The van der Waals surface area contributed by atoms with Gasteiger partial charge in [0.2, 0.25) is 0 Å². The lowest BCUT2D eigenvalue weighted by Gasteiger charge is -2.28. The molecule has 0 bridgehead atoms. The first-order valence-corrected chi connectivity index (χ1v) is 8.16. The van der Waals surface area contributed by atoms with Crippen LogP contribution in [-0.4, -0.2) is 6.61 Å². The van der Waals surface area contributed by atoms with Crippen LogP contribution in [0.15, 0.2) is 24.3 Å². The fraction of sp³-hybridized carbons (Fsp3) is 0.667. The van der Waals surface area contributed by atoms with Gasteiger partial charge in [-0.3, -0.25) is 0 Å². The number of rotatable bonds is 7. The molecule has 1 nitrogen and oxygen atoms in total. The lowest BCUT2D eigenvalue weighted by molar-refractivity contribution is 0.230. The maximum absolute atomic E-state index is 12.7.